The fourth-order valence-corrected chi connectivity index (χ4v) is 3.00. The summed E-state index contributed by atoms with van der Waals surface area (Å²) in [5.41, 5.74) is 2.54. The van der Waals surface area contributed by atoms with E-state index in [9.17, 15) is 9.59 Å². The van der Waals surface area contributed by atoms with E-state index in [1.165, 1.54) is 4.90 Å². The molecule has 104 valence electrons. The van der Waals surface area contributed by atoms with Crippen LogP contribution in [-0.4, -0.2) is 11.1 Å². The zero-order valence-electron chi connectivity index (χ0n) is 11.4. The summed E-state index contributed by atoms with van der Waals surface area (Å²) < 4.78 is 0. The first kappa shape index (κ1) is 13.6. The first-order valence-electron chi connectivity index (χ1n) is 6.55. The minimum Gasteiger partial charge on any atom is -0.268 e. The van der Waals surface area contributed by atoms with Crippen LogP contribution in [0.1, 0.15) is 11.1 Å². The van der Waals surface area contributed by atoms with Crippen LogP contribution in [0.25, 0.3) is 6.08 Å². The standard InChI is InChI=1S/C17H13NO2S/c1-12-6-5-9-14(10-12)18-16(19)15(21-17(18)20)11-13-7-3-2-4-8-13/h2-11H,1H3/b15-11+. The summed E-state index contributed by atoms with van der Waals surface area (Å²) in [7, 11) is 0. The number of rotatable bonds is 2. The third-order valence-corrected chi connectivity index (χ3v) is 4.02. The predicted octanol–water partition coefficient (Wildman–Crippen LogP) is 4.24. The summed E-state index contributed by atoms with van der Waals surface area (Å²) in [6, 6.07) is 16.9. The molecule has 0 spiro atoms. The third kappa shape index (κ3) is 2.76. The molecule has 0 aliphatic carbocycles. The van der Waals surface area contributed by atoms with Crippen molar-refractivity contribution >= 4 is 34.7 Å². The fraction of sp³-hybridized carbons (Fsp3) is 0.0588. The maximum absolute atomic E-state index is 12.4. The largest absolute Gasteiger partial charge is 0.298 e. The maximum Gasteiger partial charge on any atom is 0.298 e. The molecule has 1 aliphatic rings. The van der Waals surface area contributed by atoms with Crippen LogP contribution in [0, 0.1) is 6.92 Å². The van der Waals surface area contributed by atoms with Gasteiger partial charge in [0.1, 0.15) is 0 Å². The lowest BCUT2D eigenvalue weighted by atomic mass is 10.2. The molecule has 2 aromatic carbocycles. The van der Waals surface area contributed by atoms with E-state index in [2.05, 4.69) is 0 Å². The fourth-order valence-electron chi connectivity index (χ4n) is 2.16. The quantitative estimate of drug-likeness (QED) is 0.778. The number of hydrogen-bond acceptors (Lipinski definition) is 3. The van der Waals surface area contributed by atoms with Crippen LogP contribution in [0.4, 0.5) is 10.5 Å². The van der Waals surface area contributed by atoms with Gasteiger partial charge >= 0.3 is 0 Å². The Bertz CT molecular complexity index is 737. The highest BCUT2D eigenvalue weighted by Crippen LogP contribution is 2.35. The van der Waals surface area contributed by atoms with E-state index in [-0.39, 0.29) is 11.1 Å². The highest BCUT2D eigenvalue weighted by atomic mass is 32.2. The minimum atomic E-state index is -0.264. The van der Waals surface area contributed by atoms with Gasteiger partial charge in [-0.25, -0.2) is 4.90 Å². The molecule has 1 aliphatic heterocycles. The Morgan fingerprint density at radius 1 is 1.00 bits per heavy atom. The van der Waals surface area contributed by atoms with Crippen molar-refractivity contribution in [3.8, 4) is 0 Å². The van der Waals surface area contributed by atoms with Crippen molar-refractivity contribution in [2.24, 2.45) is 0 Å². The molecular weight excluding hydrogens is 282 g/mol. The van der Waals surface area contributed by atoms with Crippen LogP contribution in [0.2, 0.25) is 0 Å². The summed E-state index contributed by atoms with van der Waals surface area (Å²) in [5, 5.41) is -0.257. The second-order valence-corrected chi connectivity index (χ2v) is 5.76. The Labute approximate surface area is 127 Å². The number of anilines is 1. The van der Waals surface area contributed by atoms with Crippen molar-refractivity contribution in [2.75, 3.05) is 4.90 Å². The van der Waals surface area contributed by atoms with E-state index >= 15 is 0 Å². The Hall–Kier alpha value is -2.33. The van der Waals surface area contributed by atoms with E-state index < -0.39 is 0 Å². The average molecular weight is 295 g/mol. The van der Waals surface area contributed by atoms with Crippen LogP contribution >= 0.6 is 11.8 Å². The van der Waals surface area contributed by atoms with E-state index in [0.29, 0.717) is 10.6 Å². The van der Waals surface area contributed by atoms with Crippen molar-refractivity contribution in [1.82, 2.24) is 0 Å². The topological polar surface area (TPSA) is 37.4 Å². The Balaban J connectivity index is 1.94. The highest BCUT2D eigenvalue weighted by molar-refractivity contribution is 8.19. The van der Waals surface area contributed by atoms with E-state index in [1.807, 2.05) is 55.5 Å². The number of carbonyl (C=O) groups is 2. The van der Waals surface area contributed by atoms with E-state index in [4.69, 9.17) is 0 Å². The molecule has 4 heteroatoms. The molecule has 3 nitrogen and oxygen atoms in total. The van der Waals surface area contributed by atoms with Gasteiger partial charge in [0.2, 0.25) is 0 Å². The zero-order valence-corrected chi connectivity index (χ0v) is 12.3. The number of benzene rings is 2. The zero-order chi connectivity index (χ0) is 14.8. The monoisotopic (exact) mass is 295 g/mol. The maximum atomic E-state index is 12.4. The summed E-state index contributed by atoms with van der Waals surface area (Å²) in [4.78, 5) is 26.3. The summed E-state index contributed by atoms with van der Waals surface area (Å²) in [5.74, 6) is -0.264. The molecular formula is C17H13NO2S. The Kier molecular flexibility index (Phi) is 3.62. The molecule has 3 rings (SSSR count). The van der Waals surface area contributed by atoms with Crippen LogP contribution < -0.4 is 4.90 Å². The third-order valence-electron chi connectivity index (χ3n) is 3.15. The van der Waals surface area contributed by atoms with Crippen molar-refractivity contribution < 1.29 is 9.59 Å². The van der Waals surface area contributed by atoms with Crippen molar-refractivity contribution in [3.05, 3.63) is 70.6 Å². The Morgan fingerprint density at radius 2 is 1.76 bits per heavy atom. The number of amides is 2. The first-order valence-corrected chi connectivity index (χ1v) is 7.36. The number of hydrogen-bond donors (Lipinski definition) is 0. The number of aryl methyl sites for hydroxylation is 1. The van der Waals surface area contributed by atoms with Crippen LogP contribution in [-0.2, 0) is 4.79 Å². The van der Waals surface area contributed by atoms with Gasteiger partial charge in [-0.15, -0.1) is 0 Å². The predicted molar refractivity (Wildman–Crippen MR) is 86.1 cm³/mol. The molecule has 0 bridgehead atoms. The number of carbonyl (C=O) groups excluding carboxylic acids is 2. The van der Waals surface area contributed by atoms with Gasteiger partial charge in [0.15, 0.2) is 0 Å². The van der Waals surface area contributed by atoms with Crippen LogP contribution in [0.5, 0.6) is 0 Å². The summed E-state index contributed by atoms with van der Waals surface area (Å²) in [6.07, 6.45) is 1.75. The lowest BCUT2D eigenvalue weighted by molar-refractivity contribution is -0.113. The van der Waals surface area contributed by atoms with Crippen molar-refractivity contribution in [1.29, 1.82) is 0 Å². The molecule has 0 radical (unpaired) electrons. The molecule has 1 heterocycles. The number of imide groups is 1. The average Bonchev–Trinajstić information content (AvgIpc) is 2.74. The SMILES string of the molecule is Cc1cccc(N2C(=O)S/C(=C/c3ccccc3)C2=O)c1. The van der Waals surface area contributed by atoms with Gasteiger partial charge in [0, 0.05) is 0 Å². The van der Waals surface area contributed by atoms with E-state index in [1.54, 1.807) is 12.1 Å². The summed E-state index contributed by atoms with van der Waals surface area (Å²) >= 11 is 0.976. The molecule has 0 aromatic heterocycles. The Morgan fingerprint density at radius 3 is 2.48 bits per heavy atom. The molecule has 0 atom stereocenters. The first-order chi connectivity index (χ1) is 10.1. The molecule has 2 aromatic rings. The molecule has 21 heavy (non-hydrogen) atoms. The van der Waals surface area contributed by atoms with Gasteiger partial charge in [0.25, 0.3) is 11.1 Å². The van der Waals surface area contributed by atoms with Gasteiger partial charge in [-0.3, -0.25) is 9.59 Å². The molecule has 0 saturated carbocycles. The van der Waals surface area contributed by atoms with Gasteiger partial charge in [-0.2, -0.15) is 0 Å². The second-order valence-electron chi connectivity index (χ2n) is 4.77. The summed E-state index contributed by atoms with van der Waals surface area (Å²) in [6.45, 7) is 1.93. The van der Waals surface area contributed by atoms with Gasteiger partial charge < -0.3 is 0 Å². The molecule has 0 N–H and O–H groups in total. The van der Waals surface area contributed by atoms with Gasteiger partial charge in [-0.05, 0) is 48.0 Å². The highest BCUT2D eigenvalue weighted by Gasteiger charge is 2.36. The van der Waals surface area contributed by atoms with Crippen LogP contribution in [0.15, 0.2) is 59.5 Å². The van der Waals surface area contributed by atoms with Gasteiger partial charge in [-0.1, -0.05) is 42.5 Å². The second kappa shape index (κ2) is 5.58. The molecule has 1 saturated heterocycles. The molecule has 2 amide bonds. The van der Waals surface area contributed by atoms with Gasteiger partial charge in [0.05, 0.1) is 10.6 Å². The number of nitrogens with zero attached hydrogens (tertiary/aromatic N) is 1. The van der Waals surface area contributed by atoms with Crippen molar-refractivity contribution in [3.63, 3.8) is 0 Å². The normalized spacial score (nSPS) is 16.8. The van der Waals surface area contributed by atoms with Crippen molar-refractivity contribution in [2.45, 2.75) is 6.92 Å². The van der Waals surface area contributed by atoms with E-state index in [0.717, 1.165) is 22.9 Å². The lowest BCUT2D eigenvalue weighted by Gasteiger charge is -2.12. The lowest BCUT2D eigenvalue weighted by Crippen LogP contribution is -2.27. The minimum absolute atomic E-state index is 0.257. The number of thioether (sulfide) groups is 1. The van der Waals surface area contributed by atoms with Crippen LogP contribution in [0.3, 0.4) is 0 Å². The smallest absolute Gasteiger partial charge is 0.268 e. The molecule has 0 unspecified atom stereocenters. The molecule has 1 fully saturated rings.